The van der Waals surface area contributed by atoms with E-state index < -0.39 is 31.0 Å². The molecule has 7 nitrogen and oxygen atoms in total. The third-order valence-corrected chi connectivity index (χ3v) is 4.65. The number of aromatic amines is 1. The van der Waals surface area contributed by atoms with Crippen LogP contribution in [-0.4, -0.2) is 62.7 Å². The molecule has 1 heterocycles. The van der Waals surface area contributed by atoms with Crippen molar-refractivity contribution < 1.29 is 30.0 Å². The van der Waals surface area contributed by atoms with Gasteiger partial charge in [-0.15, -0.1) is 0 Å². The number of aliphatic hydroxyl groups is 4. The number of fused-ring (bicyclic) bond motifs is 1. The molecule has 0 unspecified atom stereocenters. The number of ether oxygens (including phenoxy) is 1. The molecule has 0 radical (unpaired) electrons. The molecule has 0 aliphatic heterocycles. The van der Waals surface area contributed by atoms with E-state index in [1.165, 1.54) is 6.20 Å². The van der Waals surface area contributed by atoms with Gasteiger partial charge in [0.05, 0.1) is 22.5 Å². The Bertz CT molecular complexity index is 693. The summed E-state index contributed by atoms with van der Waals surface area (Å²) in [6.45, 7) is -0.768. The Labute approximate surface area is 144 Å². The number of H-pyrrole nitrogens is 1. The average molecular weight is 409 g/mol. The summed E-state index contributed by atoms with van der Waals surface area (Å²) in [5.74, 6) is 0.202. The number of rotatable bonds is 7. The molecule has 2 rings (SSSR count). The molecule has 0 amide bonds. The van der Waals surface area contributed by atoms with E-state index in [9.17, 15) is 20.1 Å². The number of aliphatic hydroxyl groups excluding tert-OH is 4. The topological polar surface area (TPSA) is 123 Å². The third-order valence-electron chi connectivity index (χ3n) is 3.36. The summed E-state index contributed by atoms with van der Waals surface area (Å²) in [4.78, 5) is 14.1. The summed E-state index contributed by atoms with van der Waals surface area (Å²) in [5, 5.41) is 38.6. The molecule has 1 aromatic carbocycles. The summed E-state index contributed by atoms with van der Waals surface area (Å²) in [7, 11) is 0. The lowest BCUT2D eigenvalue weighted by molar-refractivity contribution is -0.132. The van der Waals surface area contributed by atoms with Crippen LogP contribution in [0.15, 0.2) is 22.8 Å². The van der Waals surface area contributed by atoms with Crippen LogP contribution in [0.3, 0.4) is 0 Å². The Kier molecular flexibility index (Phi) is 6.01. The van der Waals surface area contributed by atoms with Crippen molar-refractivity contribution in [2.75, 3.05) is 6.61 Å². The first-order chi connectivity index (χ1) is 10.9. The van der Waals surface area contributed by atoms with E-state index >= 15 is 0 Å². The van der Waals surface area contributed by atoms with Crippen molar-refractivity contribution in [3.8, 4) is 5.75 Å². The van der Waals surface area contributed by atoms with Gasteiger partial charge in [0.1, 0.15) is 24.1 Å². The van der Waals surface area contributed by atoms with Crippen molar-refractivity contribution >= 4 is 44.7 Å². The zero-order valence-corrected chi connectivity index (χ0v) is 14.0. The monoisotopic (exact) mass is 407 g/mol. The van der Waals surface area contributed by atoms with Gasteiger partial charge in [0.2, 0.25) is 0 Å². The van der Waals surface area contributed by atoms with Crippen LogP contribution in [0.5, 0.6) is 5.75 Å². The van der Waals surface area contributed by atoms with Gasteiger partial charge in [0, 0.05) is 10.7 Å². The van der Waals surface area contributed by atoms with Crippen LogP contribution < -0.4 is 4.74 Å². The first-order valence-electron chi connectivity index (χ1n) is 6.62. The normalized spacial score (nSPS) is 16.8. The van der Waals surface area contributed by atoms with Gasteiger partial charge in [0.15, 0.2) is 12.4 Å². The van der Waals surface area contributed by atoms with Crippen LogP contribution in [0.1, 0.15) is 0 Å². The predicted octanol–water partition coefficient (Wildman–Crippen LogP) is 0.605. The van der Waals surface area contributed by atoms with E-state index in [2.05, 4.69) is 20.9 Å². The Morgan fingerprint density at radius 1 is 1.30 bits per heavy atom. The van der Waals surface area contributed by atoms with Gasteiger partial charge in [-0.1, -0.05) is 11.6 Å². The molecular formula is C14H15BrClNO6. The highest BCUT2D eigenvalue weighted by Crippen LogP contribution is 2.37. The number of carbonyl (C=O) groups is 1. The van der Waals surface area contributed by atoms with Crippen LogP contribution in [0.4, 0.5) is 0 Å². The lowest BCUT2D eigenvalue weighted by Gasteiger charge is -2.25. The van der Waals surface area contributed by atoms with Crippen molar-refractivity contribution in [2.45, 2.75) is 24.4 Å². The average Bonchev–Trinajstić information content (AvgIpc) is 2.97. The maximum atomic E-state index is 11.2. The van der Waals surface area contributed by atoms with Gasteiger partial charge < -0.3 is 30.1 Å². The Balaban J connectivity index is 2.29. The molecule has 0 aliphatic rings. The lowest BCUT2D eigenvalue weighted by Crippen LogP contribution is -2.48. The molecule has 1 aromatic heterocycles. The molecule has 0 saturated heterocycles. The molecule has 2 aromatic rings. The van der Waals surface area contributed by atoms with Crippen molar-refractivity contribution in [3.63, 3.8) is 0 Å². The summed E-state index contributed by atoms with van der Waals surface area (Å²) in [6, 6.07) is 3.48. The minimum atomic E-state index is -1.75. The second kappa shape index (κ2) is 7.61. The fraction of sp³-hybridized carbons (Fsp3) is 0.357. The van der Waals surface area contributed by atoms with E-state index in [4.69, 9.17) is 21.4 Å². The molecule has 0 saturated carbocycles. The molecule has 0 aliphatic carbocycles. The van der Waals surface area contributed by atoms with Crippen molar-refractivity contribution in [2.24, 2.45) is 0 Å². The van der Waals surface area contributed by atoms with Crippen molar-refractivity contribution in [1.82, 2.24) is 4.98 Å². The van der Waals surface area contributed by atoms with Gasteiger partial charge in [0.25, 0.3) is 0 Å². The number of aldehydes is 1. The van der Waals surface area contributed by atoms with Gasteiger partial charge in [-0.05, 0) is 28.1 Å². The number of halogens is 2. The van der Waals surface area contributed by atoms with E-state index in [1.807, 2.05) is 0 Å². The van der Waals surface area contributed by atoms with E-state index in [0.29, 0.717) is 26.7 Å². The molecule has 126 valence electrons. The molecular weight excluding hydrogens is 394 g/mol. The smallest absolute Gasteiger partial charge is 0.182 e. The van der Waals surface area contributed by atoms with Gasteiger partial charge in [-0.25, -0.2) is 0 Å². The van der Waals surface area contributed by atoms with Crippen LogP contribution in [-0.2, 0) is 4.79 Å². The van der Waals surface area contributed by atoms with Crippen molar-refractivity contribution in [3.05, 3.63) is 27.8 Å². The standard InChI is InChI=1S/C14H15BrClNO6/c15-6-1-2-7-11(12(6)16)9(3-17-7)23-10(5-19)14(22)13(21)8(20)4-18/h1-3,5,8,10,13-14,17-18,20-22H,4H2/t8-,10-,13-,14-/m1/s1. The molecule has 23 heavy (non-hydrogen) atoms. The summed E-state index contributed by atoms with van der Waals surface area (Å²) >= 11 is 9.47. The number of benzene rings is 1. The molecule has 4 atom stereocenters. The minimum absolute atomic E-state index is 0.202. The van der Waals surface area contributed by atoms with Crippen molar-refractivity contribution in [1.29, 1.82) is 0 Å². The summed E-state index contributed by atoms with van der Waals surface area (Å²) in [5.41, 5.74) is 0.656. The highest BCUT2D eigenvalue weighted by Gasteiger charge is 2.33. The zero-order chi connectivity index (χ0) is 17.1. The molecule has 0 bridgehead atoms. The number of hydrogen-bond acceptors (Lipinski definition) is 6. The fourth-order valence-electron chi connectivity index (χ4n) is 2.07. The Morgan fingerprint density at radius 2 is 2.00 bits per heavy atom. The first-order valence-corrected chi connectivity index (χ1v) is 7.79. The number of nitrogens with one attached hydrogen (secondary N) is 1. The van der Waals surface area contributed by atoms with Crippen LogP contribution in [0, 0.1) is 0 Å². The van der Waals surface area contributed by atoms with E-state index in [1.54, 1.807) is 12.1 Å². The van der Waals surface area contributed by atoms with Gasteiger partial charge in [-0.3, -0.25) is 4.79 Å². The molecule has 0 spiro atoms. The number of aromatic nitrogens is 1. The van der Waals surface area contributed by atoms with Crippen LogP contribution in [0.2, 0.25) is 5.02 Å². The maximum absolute atomic E-state index is 11.2. The molecule has 0 fully saturated rings. The Morgan fingerprint density at radius 3 is 2.61 bits per heavy atom. The van der Waals surface area contributed by atoms with Crippen LogP contribution in [0.25, 0.3) is 10.9 Å². The number of hydrogen-bond donors (Lipinski definition) is 5. The SMILES string of the molecule is O=C[C@@H](Oc1c[nH]c2ccc(Br)c(Cl)c12)[C@@H](O)[C@H](O)[C@H](O)CO. The highest BCUT2D eigenvalue weighted by molar-refractivity contribution is 9.10. The second-order valence-corrected chi connectivity index (χ2v) is 6.12. The third kappa shape index (κ3) is 3.68. The van der Waals surface area contributed by atoms with Gasteiger partial charge in [-0.2, -0.15) is 0 Å². The lowest BCUT2D eigenvalue weighted by atomic mass is 10.0. The largest absolute Gasteiger partial charge is 0.478 e. The second-order valence-electron chi connectivity index (χ2n) is 4.89. The van der Waals surface area contributed by atoms with Crippen LogP contribution >= 0.6 is 27.5 Å². The summed E-state index contributed by atoms with van der Waals surface area (Å²) in [6.07, 6.45) is -4.78. The first kappa shape index (κ1) is 18.2. The fourth-order valence-corrected chi connectivity index (χ4v) is 2.66. The van der Waals surface area contributed by atoms with Gasteiger partial charge >= 0.3 is 0 Å². The number of carbonyl (C=O) groups excluding carboxylic acids is 1. The minimum Gasteiger partial charge on any atom is -0.478 e. The highest BCUT2D eigenvalue weighted by atomic mass is 79.9. The molecule has 9 heteroatoms. The summed E-state index contributed by atoms with van der Waals surface area (Å²) < 4.78 is 6.04. The molecule has 5 N–H and O–H groups in total. The maximum Gasteiger partial charge on any atom is 0.182 e. The predicted molar refractivity (Wildman–Crippen MR) is 86.6 cm³/mol. The zero-order valence-electron chi connectivity index (χ0n) is 11.7. The van der Waals surface area contributed by atoms with E-state index in [-0.39, 0.29) is 5.75 Å². The quantitative estimate of drug-likeness (QED) is 0.428. The van der Waals surface area contributed by atoms with E-state index in [0.717, 1.165) is 0 Å². The Hall–Kier alpha value is -1.16.